The molecule has 1 aromatic rings. The molecule has 1 unspecified atom stereocenters. The summed E-state index contributed by atoms with van der Waals surface area (Å²) in [6, 6.07) is 0. The lowest BCUT2D eigenvalue weighted by molar-refractivity contribution is 0.254. The van der Waals surface area contributed by atoms with Gasteiger partial charge in [0.05, 0.1) is 5.69 Å². The average Bonchev–Trinajstić information content (AvgIpc) is 2.41. The lowest BCUT2D eigenvalue weighted by Crippen LogP contribution is -2.29. The fourth-order valence-corrected chi connectivity index (χ4v) is 2.40. The minimum atomic E-state index is 0.295. The van der Waals surface area contributed by atoms with E-state index in [1.54, 1.807) is 0 Å². The predicted octanol–water partition coefficient (Wildman–Crippen LogP) is 2.00. The average molecular weight is 194 g/mol. The van der Waals surface area contributed by atoms with Crippen molar-refractivity contribution in [2.24, 2.45) is 11.1 Å². The van der Waals surface area contributed by atoms with Crippen LogP contribution in [0.5, 0.6) is 0 Å². The van der Waals surface area contributed by atoms with Crippen molar-refractivity contribution in [1.29, 1.82) is 0 Å². The van der Waals surface area contributed by atoms with E-state index in [2.05, 4.69) is 18.8 Å². The molecule has 0 fully saturated rings. The summed E-state index contributed by atoms with van der Waals surface area (Å²) in [7, 11) is 0. The Kier molecular flexibility index (Phi) is 2.14. The Morgan fingerprint density at radius 1 is 1.57 bits per heavy atom. The smallest absolute Gasteiger partial charge is 0.191 e. The number of aromatic nitrogens is 1. The summed E-state index contributed by atoms with van der Waals surface area (Å²) >= 11 is 0. The van der Waals surface area contributed by atoms with Gasteiger partial charge >= 0.3 is 0 Å². The van der Waals surface area contributed by atoms with E-state index in [0.717, 1.165) is 30.2 Å². The number of fused-ring (bicyclic) bond motifs is 1. The lowest BCUT2D eigenvalue weighted by atomic mass is 9.73. The van der Waals surface area contributed by atoms with E-state index in [0.29, 0.717) is 17.9 Å². The Hall–Kier alpha value is -0.830. The van der Waals surface area contributed by atoms with Crippen LogP contribution >= 0.6 is 0 Å². The third-order valence-corrected chi connectivity index (χ3v) is 2.94. The topological polar surface area (TPSA) is 52.0 Å². The van der Waals surface area contributed by atoms with E-state index in [9.17, 15) is 0 Å². The van der Waals surface area contributed by atoms with Crippen LogP contribution in [-0.2, 0) is 6.42 Å². The van der Waals surface area contributed by atoms with E-state index in [-0.39, 0.29) is 0 Å². The Morgan fingerprint density at radius 2 is 2.29 bits per heavy atom. The Balaban J connectivity index is 2.40. The molecule has 1 aromatic heterocycles. The molecule has 0 saturated heterocycles. The first kappa shape index (κ1) is 9.71. The molecule has 0 aliphatic heterocycles. The van der Waals surface area contributed by atoms with Crippen molar-refractivity contribution in [2.45, 2.75) is 39.5 Å². The van der Waals surface area contributed by atoms with E-state index in [1.807, 2.05) is 6.92 Å². The lowest BCUT2D eigenvalue weighted by Gasteiger charge is -2.32. The highest BCUT2D eigenvalue weighted by Crippen LogP contribution is 2.41. The van der Waals surface area contributed by atoms with Gasteiger partial charge < -0.3 is 10.2 Å². The van der Waals surface area contributed by atoms with Crippen LogP contribution in [-0.4, -0.2) is 11.5 Å². The molecule has 0 spiro atoms. The quantitative estimate of drug-likeness (QED) is 0.744. The molecule has 0 bridgehead atoms. The second-order valence-corrected chi connectivity index (χ2v) is 5.02. The molecule has 1 aliphatic carbocycles. The molecular weight excluding hydrogens is 176 g/mol. The van der Waals surface area contributed by atoms with Crippen molar-refractivity contribution in [1.82, 2.24) is 4.98 Å². The Morgan fingerprint density at radius 3 is 2.93 bits per heavy atom. The SMILES string of the molecule is Cc1nc2c(o1)CC(C)(C)CC2CN. The van der Waals surface area contributed by atoms with Crippen LogP contribution in [0.3, 0.4) is 0 Å². The van der Waals surface area contributed by atoms with Gasteiger partial charge in [-0.2, -0.15) is 0 Å². The van der Waals surface area contributed by atoms with Crippen molar-refractivity contribution in [3.63, 3.8) is 0 Å². The van der Waals surface area contributed by atoms with Crippen molar-refractivity contribution in [3.05, 3.63) is 17.3 Å². The molecule has 14 heavy (non-hydrogen) atoms. The minimum absolute atomic E-state index is 0.295. The van der Waals surface area contributed by atoms with Crippen molar-refractivity contribution in [3.8, 4) is 0 Å². The molecule has 0 radical (unpaired) electrons. The molecule has 1 heterocycles. The molecule has 1 aliphatic rings. The van der Waals surface area contributed by atoms with Crippen LogP contribution in [0.2, 0.25) is 0 Å². The fourth-order valence-electron chi connectivity index (χ4n) is 2.40. The summed E-state index contributed by atoms with van der Waals surface area (Å²) in [5, 5.41) is 0. The van der Waals surface area contributed by atoms with Crippen LogP contribution in [0.25, 0.3) is 0 Å². The van der Waals surface area contributed by atoms with Crippen LogP contribution in [0.4, 0.5) is 0 Å². The van der Waals surface area contributed by atoms with Gasteiger partial charge in [0, 0.05) is 25.8 Å². The maximum absolute atomic E-state index is 5.77. The second-order valence-electron chi connectivity index (χ2n) is 5.02. The van der Waals surface area contributed by atoms with Gasteiger partial charge in [0.15, 0.2) is 5.89 Å². The van der Waals surface area contributed by atoms with Crippen molar-refractivity contribution in [2.75, 3.05) is 6.54 Å². The maximum Gasteiger partial charge on any atom is 0.191 e. The number of nitrogens with two attached hydrogens (primary N) is 1. The van der Waals surface area contributed by atoms with Gasteiger partial charge in [-0.25, -0.2) is 4.98 Å². The third kappa shape index (κ3) is 1.57. The van der Waals surface area contributed by atoms with Crippen LogP contribution in [0.1, 0.15) is 43.5 Å². The number of rotatable bonds is 1. The van der Waals surface area contributed by atoms with Gasteiger partial charge in [-0.05, 0) is 11.8 Å². The van der Waals surface area contributed by atoms with Crippen LogP contribution < -0.4 is 5.73 Å². The molecule has 0 saturated carbocycles. The van der Waals surface area contributed by atoms with Crippen LogP contribution in [0, 0.1) is 12.3 Å². The van der Waals surface area contributed by atoms with E-state index < -0.39 is 0 Å². The molecule has 0 amide bonds. The summed E-state index contributed by atoms with van der Waals surface area (Å²) in [4.78, 5) is 4.42. The van der Waals surface area contributed by atoms with Gasteiger partial charge in [0.2, 0.25) is 0 Å². The summed E-state index contributed by atoms with van der Waals surface area (Å²) in [6.07, 6.45) is 2.10. The zero-order valence-corrected chi connectivity index (χ0v) is 9.13. The molecule has 2 rings (SSSR count). The van der Waals surface area contributed by atoms with E-state index in [4.69, 9.17) is 10.2 Å². The monoisotopic (exact) mass is 194 g/mol. The largest absolute Gasteiger partial charge is 0.446 e. The first-order chi connectivity index (χ1) is 6.52. The summed E-state index contributed by atoms with van der Waals surface area (Å²) in [6.45, 7) is 7.09. The maximum atomic E-state index is 5.77. The standard InChI is InChI=1S/C11H18N2O/c1-7-13-10-8(6-12)4-11(2,3)5-9(10)14-7/h8H,4-6,12H2,1-3H3. The number of nitrogens with zero attached hydrogens (tertiary/aromatic N) is 1. The summed E-state index contributed by atoms with van der Waals surface area (Å²) in [5.41, 5.74) is 7.16. The number of hydrogen-bond donors (Lipinski definition) is 1. The van der Waals surface area contributed by atoms with Crippen molar-refractivity contribution < 1.29 is 4.42 Å². The Labute approximate surface area is 84.7 Å². The molecular formula is C11H18N2O. The Bertz CT molecular complexity index is 341. The molecule has 3 nitrogen and oxygen atoms in total. The third-order valence-electron chi connectivity index (χ3n) is 2.94. The predicted molar refractivity (Wildman–Crippen MR) is 55.1 cm³/mol. The molecule has 1 atom stereocenters. The highest BCUT2D eigenvalue weighted by molar-refractivity contribution is 5.21. The summed E-state index contributed by atoms with van der Waals surface area (Å²) in [5.74, 6) is 2.20. The second kappa shape index (κ2) is 3.09. The van der Waals surface area contributed by atoms with Crippen LogP contribution in [0.15, 0.2) is 4.42 Å². The number of hydrogen-bond acceptors (Lipinski definition) is 3. The van der Waals surface area contributed by atoms with Gasteiger partial charge in [-0.1, -0.05) is 13.8 Å². The number of oxazole rings is 1. The van der Waals surface area contributed by atoms with Gasteiger partial charge in [-0.3, -0.25) is 0 Å². The van der Waals surface area contributed by atoms with E-state index >= 15 is 0 Å². The summed E-state index contributed by atoms with van der Waals surface area (Å²) < 4.78 is 5.61. The van der Waals surface area contributed by atoms with Crippen molar-refractivity contribution >= 4 is 0 Å². The van der Waals surface area contributed by atoms with E-state index in [1.165, 1.54) is 0 Å². The minimum Gasteiger partial charge on any atom is -0.446 e. The van der Waals surface area contributed by atoms with Gasteiger partial charge in [0.1, 0.15) is 5.76 Å². The molecule has 2 N–H and O–H groups in total. The first-order valence-electron chi connectivity index (χ1n) is 5.18. The van der Waals surface area contributed by atoms with Gasteiger partial charge in [-0.15, -0.1) is 0 Å². The zero-order chi connectivity index (χ0) is 10.3. The van der Waals surface area contributed by atoms with Gasteiger partial charge in [0.25, 0.3) is 0 Å². The molecule has 0 aromatic carbocycles. The number of aryl methyl sites for hydroxylation is 1. The fraction of sp³-hybridized carbons (Fsp3) is 0.727. The molecule has 78 valence electrons. The first-order valence-corrected chi connectivity index (χ1v) is 5.18. The highest BCUT2D eigenvalue weighted by atomic mass is 16.4. The zero-order valence-electron chi connectivity index (χ0n) is 9.13. The molecule has 3 heteroatoms. The normalized spacial score (nSPS) is 24.7. The highest BCUT2D eigenvalue weighted by Gasteiger charge is 2.35.